The summed E-state index contributed by atoms with van der Waals surface area (Å²) in [7, 11) is 0. The number of carbonyl (C=O) groups is 1. The number of hydrogen-bond donors (Lipinski definition) is 0. The molecule has 0 N–H and O–H groups in total. The number of carbonyl (C=O) groups excluding carboxylic acids is 1. The van der Waals surface area contributed by atoms with Crippen molar-refractivity contribution < 1.29 is 13.9 Å². The predicted octanol–water partition coefficient (Wildman–Crippen LogP) is 2.52. The molecule has 0 atom stereocenters. The first-order valence-electron chi connectivity index (χ1n) is 5.42. The van der Waals surface area contributed by atoms with Gasteiger partial charge >= 0.3 is 5.97 Å². The summed E-state index contributed by atoms with van der Waals surface area (Å²) >= 11 is 0. The smallest absolute Gasteiger partial charge is 0.308 e. The molecule has 5 nitrogen and oxygen atoms in total. The maximum absolute atomic E-state index is 11.1. The molecular weight excluding hydrogens is 232 g/mol. The Morgan fingerprint density at radius 1 is 1.39 bits per heavy atom. The molecule has 3 aromatic rings. The van der Waals surface area contributed by atoms with Crippen molar-refractivity contribution in [1.82, 2.24) is 9.38 Å². The van der Waals surface area contributed by atoms with Gasteiger partial charge in [0.1, 0.15) is 0 Å². The summed E-state index contributed by atoms with van der Waals surface area (Å²) in [5.41, 5.74) is 1.62. The predicted molar refractivity (Wildman–Crippen MR) is 64.2 cm³/mol. The summed E-state index contributed by atoms with van der Waals surface area (Å²) in [6.45, 7) is 1.38. The van der Waals surface area contributed by atoms with E-state index in [-0.39, 0.29) is 5.97 Å². The van der Waals surface area contributed by atoms with E-state index in [4.69, 9.17) is 9.15 Å². The van der Waals surface area contributed by atoms with Gasteiger partial charge in [0.2, 0.25) is 0 Å². The van der Waals surface area contributed by atoms with Crippen LogP contribution in [0.15, 0.2) is 47.6 Å². The first-order chi connectivity index (χ1) is 8.75. The average molecular weight is 242 g/mol. The molecule has 0 aliphatic heterocycles. The molecule has 0 radical (unpaired) electrons. The molecule has 18 heavy (non-hydrogen) atoms. The Balaban J connectivity index is 2.24. The third-order valence-electron chi connectivity index (χ3n) is 2.59. The minimum absolute atomic E-state index is 0.354. The molecule has 5 heteroatoms. The Kier molecular flexibility index (Phi) is 2.37. The molecule has 3 rings (SSSR count). The van der Waals surface area contributed by atoms with Crippen LogP contribution in [-0.2, 0) is 4.79 Å². The van der Waals surface area contributed by atoms with Crippen LogP contribution in [-0.4, -0.2) is 15.4 Å². The van der Waals surface area contributed by atoms with Crippen molar-refractivity contribution in [3.63, 3.8) is 0 Å². The van der Waals surface area contributed by atoms with E-state index in [1.807, 2.05) is 28.9 Å². The van der Waals surface area contributed by atoms with Crippen LogP contribution in [0.2, 0.25) is 0 Å². The summed E-state index contributed by atoms with van der Waals surface area (Å²) < 4.78 is 12.4. The Morgan fingerprint density at radius 3 is 3.00 bits per heavy atom. The van der Waals surface area contributed by atoms with Crippen LogP contribution >= 0.6 is 0 Å². The van der Waals surface area contributed by atoms with Crippen molar-refractivity contribution in [3.8, 4) is 17.1 Å². The molecular formula is C13H10N2O3. The second kappa shape index (κ2) is 4.03. The van der Waals surface area contributed by atoms with Crippen molar-refractivity contribution in [2.24, 2.45) is 0 Å². The van der Waals surface area contributed by atoms with Crippen LogP contribution in [0.3, 0.4) is 0 Å². The molecule has 0 aliphatic rings. The Bertz CT molecular complexity index is 698. The lowest BCUT2D eigenvalue weighted by atomic mass is 10.2. The first-order valence-corrected chi connectivity index (χ1v) is 5.42. The summed E-state index contributed by atoms with van der Waals surface area (Å²) in [6, 6.07) is 5.45. The minimum Gasteiger partial charge on any atom is -0.443 e. The molecule has 0 bridgehead atoms. The third kappa shape index (κ3) is 1.66. The van der Waals surface area contributed by atoms with Crippen LogP contribution in [0, 0.1) is 0 Å². The number of pyridine rings is 1. The topological polar surface area (TPSA) is 56.7 Å². The normalized spacial score (nSPS) is 10.7. The number of aromatic nitrogens is 2. The largest absolute Gasteiger partial charge is 0.443 e. The Labute approximate surface area is 103 Å². The van der Waals surface area contributed by atoms with Crippen molar-refractivity contribution in [2.45, 2.75) is 6.92 Å². The van der Waals surface area contributed by atoms with E-state index in [0.29, 0.717) is 11.5 Å². The van der Waals surface area contributed by atoms with E-state index < -0.39 is 0 Å². The summed E-state index contributed by atoms with van der Waals surface area (Å²) in [5, 5.41) is 0. The van der Waals surface area contributed by atoms with E-state index in [9.17, 15) is 4.79 Å². The van der Waals surface area contributed by atoms with Crippen molar-refractivity contribution >= 4 is 11.5 Å². The van der Waals surface area contributed by atoms with E-state index in [1.165, 1.54) is 13.3 Å². The molecule has 0 unspecified atom stereocenters. The van der Waals surface area contributed by atoms with Gasteiger partial charge in [0.25, 0.3) is 0 Å². The number of fused-ring (bicyclic) bond motifs is 1. The summed E-state index contributed by atoms with van der Waals surface area (Å²) in [5.74, 6) is 0.784. The maximum Gasteiger partial charge on any atom is 0.308 e. The first kappa shape index (κ1) is 10.6. The number of esters is 1. The fourth-order valence-electron chi connectivity index (χ4n) is 1.92. The number of ether oxygens (including phenoxy) is 1. The van der Waals surface area contributed by atoms with E-state index in [1.54, 1.807) is 12.3 Å². The van der Waals surface area contributed by atoms with Gasteiger partial charge in [-0.25, -0.2) is 4.98 Å². The lowest BCUT2D eigenvalue weighted by Gasteiger charge is -2.05. The van der Waals surface area contributed by atoms with E-state index in [2.05, 4.69) is 4.98 Å². The molecule has 90 valence electrons. The Hall–Kier alpha value is -2.56. The van der Waals surface area contributed by atoms with Crippen LogP contribution in [0.4, 0.5) is 0 Å². The van der Waals surface area contributed by atoms with Crippen molar-refractivity contribution in [1.29, 1.82) is 0 Å². The standard InChI is InChI=1S/C13H10N2O3/c1-9(16)18-11-3-2-5-15-6-4-10(13(11)15)12-7-14-8-17-12/h2-8H,1H3. The third-order valence-corrected chi connectivity index (χ3v) is 2.59. The highest BCUT2D eigenvalue weighted by Gasteiger charge is 2.13. The molecule has 0 fully saturated rings. The zero-order valence-electron chi connectivity index (χ0n) is 9.66. The molecule has 0 saturated heterocycles. The van der Waals surface area contributed by atoms with Gasteiger partial charge in [-0.2, -0.15) is 0 Å². The SMILES string of the molecule is CC(=O)Oc1cccn2ccc(-c3cnco3)c12. The van der Waals surface area contributed by atoms with Crippen LogP contribution < -0.4 is 4.74 Å². The fourth-order valence-corrected chi connectivity index (χ4v) is 1.92. The highest BCUT2D eigenvalue weighted by atomic mass is 16.5. The number of oxazole rings is 1. The molecule has 3 heterocycles. The van der Waals surface area contributed by atoms with Crippen molar-refractivity contribution in [3.05, 3.63) is 43.2 Å². The molecule has 0 saturated carbocycles. The summed E-state index contributed by atoms with van der Waals surface area (Å²) in [6.07, 6.45) is 6.75. The number of nitrogens with zero attached hydrogens (tertiary/aromatic N) is 2. The van der Waals surface area contributed by atoms with Gasteiger partial charge in [-0.05, 0) is 18.2 Å². The zero-order valence-corrected chi connectivity index (χ0v) is 9.66. The van der Waals surface area contributed by atoms with E-state index >= 15 is 0 Å². The fraction of sp³-hybridized carbons (Fsp3) is 0.0769. The summed E-state index contributed by atoms with van der Waals surface area (Å²) in [4.78, 5) is 15.0. The van der Waals surface area contributed by atoms with Gasteiger partial charge in [-0.3, -0.25) is 4.79 Å². The second-order valence-corrected chi connectivity index (χ2v) is 3.82. The minimum atomic E-state index is -0.354. The van der Waals surface area contributed by atoms with Gasteiger partial charge in [0.15, 0.2) is 17.9 Å². The van der Waals surface area contributed by atoms with Gasteiger partial charge in [-0.1, -0.05) is 0 Å². The van der Waals surface area contributed by atoms with Crippen LogP contribution in [0.1, 0.15) is 6.92 Å². The molecule has 0 aromatic carbocycles. The number of rotatable bonds is 2. The van der Waals surface area contributed by atoms with E-state index in [0.717, 1.165) is 11.1 Å². The van der Waals surface area contributed by atoms with Gasteiger partial charge in [-0.15, -0.1) is 0 Å². The van der Waals surface area contributed by atoms with Crippen LogP contribution in [0.25, 0.3) is 16.8 Å². The number of hydrogen-bond acceptors (Lipinski definition) is 4. The monoisotopic (exact) mass is 242 g/mol. The zero-order chi connectivity index (χ0) is 12.5. The lowest BCUT2D eigenvalue weighted by Crippen LogP contribution is -2.02. The average Bonchev–Trinajstić information content (AvgIpc) is 2.96. The molecule has 0 amide bonds. The van der Waals surface area contributed by atoms with Crippen LogP contribution in [0.5, 0.6) is 5.75 Å². The molecule has 0 spiro atoms. The maximum atomic E-state index is 11.1. The van der Waals surface area contributed by atoms with Crippen molar-refractivity contribution in [2.75, 3.05) is 0 Å². The second-order valence-electron chi connectivity index (χ2n) is 3.82. The van der Waals surface area contributed by atoms with Gasteiger partial charge in [0, 0.05) is 24.9 Å². The quantitative estimate of drug-likeness (QED) is 0.648. The van der Waals surface area contributed by atoms with Gasteiger partial charge < -0.3 is 13.6 Å². The Morgan fingerprint density at radius 2 is 2.28 bits per heavy atom. The molecule has 3 aromatic heterocycles. The highest BCUT2D eigenvalue weighted by molar-refractivity contribution is 5.85. The lowest BCUT2D eigenvalue weighted by molar-refractivity contribution is -0.131. The highest BCUT2D eigenvalue weighted by Crippen LogP contribution is 2.31. The van der Waals surface area contributed by atoms with Gasteiger partial charge in [0.05, 0.1) is 11.7 Å². The molecule has 0 aliphatic carbocycles.